The normalized spacial score (nSPS) is 11.8. The Kier molecular flexibility index (Phi) is 4.51. The summed E-state index contributed by atoms with van der Waals surface area (Å²) in [5.41, 5.74) is 0. The molecule has 1 heterocycles. The zero-order valence-corrected chi connectivity index (χ0v) is 9.94. The van der Waals surface area contributed by atoms with Crippen molar-refractivity contribution in [3.05, 3.63) is 29.7 Å². The first-order valence-electron chi connectivity index (χ1n) is 4.49. The van der Waals surface area contributed by atoms with Gasteiger partial charge in [0.2, 0.25) is 0 Å². The van der Waals surface area contributed by atoms with E-state index in [0.717, 1.165) is 0 Å². The third-order valence-electron chi connectivity index (χ3n) is 1.91. The lowest BCUT2D eigenvalue weighted by atomic mass is 10.4. The van der Waals surface area contributed by atoms with Gasteiger partial charge in [-0.25, -0.2) is 0 Å². The summed E-state index contributed by atoms with van der Waals surface area (Å²) in [7, 11) is -0.452. The van der Waals surface area contributed by atoms with Gasteiger partial charge < -0.3 is 13.5 Å². The Hall–Kier alpha value is -1.34. The highest BCUT2D eigenvalue weighted by molar-refractivity contribution is 7.52. The number of hydrogen-bond donors (Lipinski definition) is 0. The quantitative estimate of drug-likeness (QED) is 0.585. The minimum absolute atomic E-state index is 0.0698. The number of rotatable bonds is 5. The van der Waals surface area contributed by atoms with Crippen molar-refractivity contribution in [3.63, 3.8) is 0 Å². The molecule has 0 unspecified atom stereocenters. The second kappa shape index (κ2) is 5.66. The van der Waals surface area contributed by atoms with Crippen LogP contribution in [-0.2, 0) is 19.8 Å². The molecule has 6 heteroatoms. The highest BCUT2D eigenvalue weighted by Crippen LogP contribution is 2.49. The van der Waals surface area contributed by atoms with E-state index in [2.05, 4.69) is 0 Å². The van der Waals surface area contributed by atoms with Gasteiger partial charge in [0.25, 0.3) is 0 Å². The second-order valence-electron chi connectivity index (χ2n) is 2.90. The van der Waals surface area contributed by atoms with E-state index in [4.69, 9.17) is 18.7 Å². The minimum atomic E-state index is -3.10. The summed E-state index contributed by atoms with van der Waals surface area (Å²) >= 11 is 0. The number of furan rings is 1. The first kappa shape index (κ1) is 12.7. The molecule has 0 aliphatic rings. The van der Waals surface area contributed by atoms with Crippen molar-refractivity contribution in [1.82, 2.24) is 0 Å². The molecule has 0 saturated heterocycles. The lowest BCUT2D eigenvalue weighted by molar-refractivity contribution is 0.272. The van der Waals surface area contributed by atoms with Crippen LogP contribution in [0.5, 0.6) is 0 Å². The van der Waals surface area contributed by atoms with E-state index < -0.39 is 7.60 Å². The molecule has 0 amide bonds. The van der Waals surface area contributed by atoms with Crippen molar-refractivity contribution in [3.8, 4) is 6.07 Å². The van der Waals surface area contributed by atoms with Crippen molar-refractivity contribution < 1.29 is 18.0 Å². The van der Waals surface area contributed by atoms with Gasteiger partial charge in [-0.15, -0.1) is 0 Å². The lowest BCUT2D eigenvalue weighted by Gasteiger charge is -2.11. The number of nitrogens with zero attached hydrogens (tertiary/aromatic N) is 1. The van der Waals surface area contributed by atoms with E-state index in [9.17, 15) is 4.57 Å². The molecule has 0 spiro atoms. The maximum atomic E-state index is 11.8. The molecular formula is C10H12NO4P. The average molecular weight is 241 g/mol. The molecule has 5 nitrogen and oxygen atoms in total. The van der Waals surface area contributed by atoms with E-state index >= 15 is 0 Å². The summed E-state index contributed by atoms with van der Waals surface area (Å²) in [5.74, 6) is 1.01. The monoisotopic (exact) mass is 241 g/mol. The molecule has 0 N–H and O–H groups in total. The Bertz CT molecular complexity index is 450. The van der Waals surface area contributed by atoms with Gasteiger partial charge in [-0.05, 0) is 18.2 Å². The fourth-order valence-corrected chi connectivity index (χ4v) is 2.04. The molecule has 16 heavy (non-hydrogen) atoms. The van der Waals surface area contributed by atoms with Crippen LogP contribution < -0.4 is 0 Å². The predicted octanol–water partition coefficient (Wildman–Crippen LogP) is 2.80. The average Bonchev–Trinajstić information content (AvgIpc) is 2.73. The first-order valence-corrected chi connectivity index (χ1v) is 6.22. The topological polar surface area (TPSA) is 72.5 Å². The van der Waals surface area contributed by atoms with E-state index in [1.54, 1.807) is 12.1 Å². The molecule has 0 radical (unpaired) electrons. The van der Waals surface area contributed by atoms with E-state index in [1.807, 2.05) is 6.07 Å². The third kappa shape index (κ3) is 3.35. The predicted molar refractivity (Wildman–Crippen MR) is 58.7 cm³/mol. The van der Waals surface area contributed by atoms with Crippen LogP contribution in [0.25, 0.3) is 6.08 Å². The first-order chi connectivity index (χ1) is 7.63. The Balaban J connectivity index is 2.76. The van der Waals surface area contributed by atoms with Gasteiger partial charge in [0.05, 0.1) is 6.07 Å². The summed E-state index contributed by atoms with van der Waals surface area (Å²) < 4.78 is 26.7. The van der Waals surface area contributed by atoms with Gasteiger partial charge in [0, 0.05) is 20.3 Å². The van der Waals surface area contributed by atoms with E-state index in [0.29, 0.717) is 11.5 Å². The van der Waals surface area contributed by atoms with E-state index in [1.165, 1.54) is 26.4 Å². The number of nitriles is 1. The van der Waals surface area contributed by atoms with Crippen LogP contribution in [0.3, 0.4) is 0 Å². The maximum Gasteiger partial charge on any atom is 0.337 e. The third-order valence-corrected chi connectivity index (χ3v) is 3.72. The molecule has 0 bridgehead atoms. The van der Waals surface area contributed by atoms with Crippen LogP contribution in [0.1, 0.15) is 11.5 Å². The standard InChI is InChI=1S/C10H12NO4P/c1-13-16(12,14-2)8-10-6-5-9(15-10)4-3-7-11/h3-6H,8H2,1-2H3/b4-3+. The Morgan fingerprint density at radius 1 is 1.50 bits per heavy atom. The Morgan fingerprint density at radius 3 is 2.75 bits per heavy atom. The van der Waals surface area contributed by atoms with Gasteiger partial charge in [-0.3, -0.25) is 4.57 Å². The van der Waals surface area contributed by atoms with Crippen molar-refractivity contribution in [2.75, 3.05) is 14.2 Å². The highest BCUT2D eigenvalue weighted by atomic mass is 31.2. The summed E-state index contributed by atoms with van der Waals surface area (Å²) in [6, 6.07) is 5.20. The minimum Gasteiger partial charge on any atom is -0.461 e. The SMILES string of the molecule is COP(=O)(Cc1ccc(/C=C/C#N)o1)OC. The maximum absolute atomic E-state index is 11.8. The molecule has 0 fully saturated rings. The fourth-order valence-electron chi connectivity index (χ4n) is 1.08. The Labute approximate surface area is 93.8 Å². The van der Waals surface area contributed by atoms with Crippen LogP contribution in [0.2, 0.25) is 0 Å². The van der Waals surface area contributed by atoms with Crippen LogP contribution in [0.15, 0.2) is 22.6 Å². The van der Waals surface area contributed by atoms with Crippen LogP contribution in [-0.4, -0.2) is 14.2 Å². The van der Waals surface area contributed by atoms with Gasteiger partial charge in [-0.1, -0.05) is 0 Å². The highest BCUT2D eigenvalue weighted by Gasteiger charge is 2.23. The van der Waals surface area contributed by atoms with Crippen LogP contribution in [0, 0.1) is 11.3 Å². The summed E-state index contributed by atoms with van der Waals surface area (Å²) in [6.45, 7) is 0. The molecule has 0 aliphatic heterocycles. The largest absolute Gasteiger partial charge is 0.461 e. The van der Waals surface area contributed by atoms with Crippen molar-refractivity contribution >= 4 is 13.7 Å². The summed E-state index contributed by atoms with van der Waals surface area (Å²) in [4.78, 5) is 0. The molecule has 86 valence electrons. The van der Waals surface area contributed by atoms with Gasteiger partial charge >= 0.3 is 7.60 Å². The van der Waals surface area contributed by atoms with Crippen LogP contribution >= 0.6 is 7.60 Å². The molecule has 0 aromatic carbocycles. The number of hydrogen-bond acceptors (Lipinski definition) is 5. The van der Waals surface area contributed by atoms with Gasteiger partial charge in [0.1, 0.15) is 17.7 Å². The van der Waals surface area contributed by atoms with E-state index in [-0.39, 0.29) is 6.16 Å². The molecule has 1 aromatic rings. The summed E-state index contributed by atoms with van der Waals surface area (Å²) in [5, 5.41) is 8.33. The molecule has 1 rings (SSSR count). The van der Waals surface area contributed by atoms with Crippen molar-refractivity contribution in [1.29, 1.82) is 5.26 Å². The smallest absolute Gasteiger partial charge is 0.337 e. The van der Waals surface area contributed by atoms with Gasteiger partial charge in [-0.2, -0.15) is 5.26 Å². The fraction of sp³-hybridized carbons (Fsp3) is 0.300. The molecule has 1 aromatic heterocycles. The van der Waals surface area contributed by atoms with Crippen LogP contribution in [0.4, 0.5) is 0 Å². The molecule has 0 aliphatic carbocycles. The number of allylic oxidation sites excluding steroid dienone is 1. The van der Waals surface area contributed by atoms with Crippen molar-refractivity contribution in [2.24, 2.45) is 0 Å². The van der Waals surface area contributed by atoms with Crippen molar-refractivity contribution in [2.45, 2.75) is 6.16 Å². The molecule has 0 atom stereocenters. The lowest BCUT2D eigenvalue weighted by Crippen LogP contribution is -1.91. The zero-order chi connectivity index (χ0) is 12.0. The Morgan fingerprint density at radius 2 is 2.19 bits per heavy atom. The molecule has 0 saturated carbocycles. The van der Waals surface area contributed by atoms with Gasteiger partial charge in [0.15, 0.2) is 0 Å². The zero-order valence-electron chi connectivity index (χ0n) is 9.04. The molecular weight excluding hydrogens is 229 g/mol. The second-order valence-corrected chi connectivity index (χ2v) is 5.17. The summed E-state index contributed by atoms with van der Waals surface area (Å²) in [6.07, 6.45) is 2.89.